The van der Waals surface area contributed by atoms with Gasteiger partial charge in [0.25, 0.3) is 0 Å². The smallest absolute Gasteiger partial charge is 0.438 e. The van der Waals surface area contributed by atoms with Crippen LogP contribution in [-0.4, -0.2) is 21.4 Å². The van der Waals surface area contributed by atoms with E-state index in [9.17, 15) is 13.2 Å². The van der Waals surface area contributed by atoms with Crippen LogP contribution in [0.4, 0.5) is 13.2 Å². The van der Waals surface area contributed by atoms with E-state index in [1.807, 2.05) is 0 Å². The predicted octanol–water partition coefficient (Wildman–Crippen LogP) is 3.27. The topological polar surface area (TPSA) is 49.2 Å². The van der Waals surface area contributed by atoms with Gasteiger partial charge in [0.15, 0.2) is 0 Å². The predicted molar refractivity (Wildman–Crippen MR) is 61.9 cm³/mol. The molecule has 1 aromatic heterocycles. The molecule has 0 saturated heterocycles. The second kappa shape index (κ2) is 5.08. The van der Waals surface area contributed by atoms with E-state index in [0.29, 0.717) is 11.6 Å². The molecule has 0 aliphatic rings. The van der Waals surface area contributed by atoms with Gasteiger partial charge in [0.2, 0.25) is 5.88 Å². The maximum Gasteiger partial charge on any atom is 0.573 e. The fourth-order valence-electron chi connectivity index (χ4n) is 1.25. The quantitative estimate of drug-likeness (QED) is 0.862. The maximum atomic E-state index is 12.1. The SMILES string of the molecule is Cn1nncc1Oc1ccc(OC(F)(F)F)c(Br)c1. The molecule has 0 aliphatic heterocycles. The van der Waals surface area contributed by atoms with E-state index in [0.717, 1.165) is 6.07 Å². The van der Waals surface area contributed by atoms with E-state index in [-0.39, 0.29) is 10.2 Å². The first-order valence-electron chi connectivity index (χ1n) is 4.93. The molecule has 19 heavy (non-hydrogen) atoms. The van der Waals surface area contributed by atoms with Gasteiger partial charge in [0.05, 0.1) is 4.47 Å². The average Bonchev–Trinajstić information content (AvgIpc) is 2.67. The lowest BCUT2D eigenvalue weighted by molar-refractivity contribution is -0.274. The van der Waals surface area contributed by atoms with Gasteiger partial charge < -0.3 is 9.47 Å². The van der Waals surface area contributed by atoms with Crippen molar-refractivity contribution in [3.8, 4) is 17.4 Å². The Kier molecular flexibility index (Phi) is 3.65. The molecule has 0 bridgehead atoms. The number of ether oxygens (including phenoxy) is 2. The summed E-state index contributed by atoms with van der Waals surface area (Å²) in [5.41, 5.74) is 0. The molecule has 2 aromatic rings. The summed E-state index contributed by atoms with van der Waals surface area (Å²) in [7, 11) is 1.62. The molecule has 0 spiro atoms. The molecule has 0 radical (unpaired) electrons. The summed E-state index contributed by atoms with van der Waals surface area (Å²) in [6.45, 7) is 0. The summed E-state index contributed by atoms with van der Waals surface area (Å²) >= 11 is 2.98. The Hall–Kier alpha value is -1.77. The minimum absolute atomic E-state index is 0.123. The number of halogens is 4. The van der Waals surface area contributed by atoms with Crippen molar-refractivity contribution in [1.29, 1.82) is 0 Å². The number of alkyl halides is 3. The molecule has 0 saturated carbocycles. The van der Waals surface area contributed by atoms with E-state index < -0.39 is 6.36 Å². The zero-order valence-corrected chi connectivity index (χ0v) is 11.1. The van der Waals surface area contributed by atoms with Crippen LogP contribution in [0.2, 0.25) is 0 Å². The molecule has 9 heteroatoms. The Balaban J connectivity index is 2.17. The lowest BCUT2D eigenvalue weighted by Crippen LogP contribution is -2.17. The van der Waals surface area contributed by atoms with Crippen LogP contribution in [0.15, 0.2) is 28.9 Å². The Labute approximate surface area is 114 Å². The van der Waals surface area contributed by atoms with Gasteiger partial charge in [-0.05, 0) is 34.1 Å². The van der Waals surface area contributed by atoms with Crippen molar-refractivity contribution in [1.82, 2.24) is 15.0 Å². The van der Waals surface area contributed by atoms with Crippen molar-refractivity contribution in [2.75, 3.05) is 0 Å². The van der Waals surface area contributed by atoms with Crippen LogP contribution in [0, 0.1) is 0 Å². The fourth-order valence-corrected chi connectivity index (χ4v) is 1.68. The molecule has 5 nitrogen and oxygen atoms in total. The highest BCUT2D eigenvalue weighted by atomic mass is 79.9. The fraction of sp³-hybridized carbons (Fsp3) is 0.200. The highest BCUT2D eigenvalue weighted by Gasteiger charge is 2.32. The summed E-state index contributed by atoms with van der Waals surface area (Å²) in [6, 6.07) is 3.85. The Bertz CT molecular complexity index is 586. The van der Waals surface area contributed by atoms with Crippen LogP contribution in [0.25, 0.3) is 0 Å². The van der Waals surface area contributed by atoms with Crippen LogP contribution in [0.3, 0.4) is 0 Å². The van der Waals surface area contributed by atoms with Crippen molar-refractivity contribution in [2.24, 2.45) is 7.05 Å². The van der Waals surface area contributed by atoms with Crippen LogP contribution < -0.4 is 9.47 Å². The van der Waals surface area contributed by atoms with Gasteiger partial charge in [0.1, 0.15) is 17.7 Å². The molecule has 2 rings (SSSR count). The van der Waals surface area contributed by atoms with Crippen molar-refractivity contribution >= 4 is 15.9 Å². The number of rotatable bonds is 3. The number of benzene rings is 1. The molecular weight excluding hydrogens is 331 g/mol. The zero-order chi connectivity index (χ0) is 14.0. The normalized spacial score (nSPS) is 11.4. The van der Waals surface area contributed by atoms with E-state index in [4.69, 9.17) is 4.74 Å². The van der Waals surface area contributed by atoms with Crippen LogP contribution in [-0.2, 0) is 7.05 Å². The first-order valence-corrected chi connectivity index (χ1v) is 5.72. The zero-order valence-electron chi connectivity index (χ0n) is 9.48. The van der Waals surface area contributed by atoms with Gasteiger partial charge in [0, 0.05) is 7.05 Å². The molecule has 1 heterocycles. The average molecular weight is 338 g/mol. The molecule has 0 fully saturated rings. The largest absolute Gasteiger partial charge is 0.573 e. The van der Waals surface area contributed by atoms with Gasteiger partial charge in [-0.25, -0.2) is 4.68 Å². The van der Waals surface area contributed by atoms with Gasteiger partial charge in [-0.3, -0.25) is 0 Å². The monoisotopic (exact) mass is 337 g/mol. The first kappa shape index (κ1) is 13.7. The van der Waals surface area contributed by atoms with Crippen molar-refractivity contribution < 1.29 is 22.6 Å². The van der Waals surface area contributed by atoms with Gasteiger partial charge in [-0.2, -0.15) is 0 Å². The van der Waals surface area contributed by atoms with Crippen molar-refractivity contribution in [3.05, 3.63) is 28.9 Å². The third kappa shape index (κ3) is 3.60. The molecule has 102 valence electrons. The van der Waals surface area contributed by atoms with E-state index >= 15 is 0 Å². The van der Waals surface area contributed by atoms with Crippen LogP contribution >= 0.6 is 15.9 Å². The van der Waals surface area contributed by atoms with Gasteiger partial charge >= 0.3 is 6.36 Å². The van der Waals surface area contributed by atoms with Crippen LogP contribution in [0.5, 0.6) is 17.4 Å². The van der Waals surface area contributed by atoms with Gasteiger partial charge in [-0.1, -0.05) is 5.21 Å². The summed E-state index contributed by atoms with van der Waals surface area (Å²) < 4.78 is 47.0. The number of aromatic nitrogens is 3. The minimum Gasteiger partial charge on any atom is -0.438 e. The van der Waals surface area contributed by atoms with E-state index in [1.54, 1.807) is 7.05 Å². The van der Waals surface area contributed by atoms with E-state index in [2.05, 4.69) is 31.0 Å². The Morgan fingerprint density at radius 1 is 1.32 bits per heavy atom. The molecule has 0 amide bonds. The maximum absolute atomic E-state index is 12.1. The minimum atomic E-state index is -4.74. The molecule has 0 aliphatic carbocycles. The second-order valence-electron chi connectivity index (χ2n) is 3.44. The van der Waals surface area contributed by atoms with E-state index in [1.165, 1.54) is 23.0 Å². The third-order valence-corrected chi connectivity index (χ3v) is 2.64. The molecule has 0 unspecified atom stereocenters. The second-order valence-corrected chi connectivity index (χ2v) is 4.29. The Morgan fingerprint density at radius 3 is 2.58 bits per heavy atom. The highest BCUT2D eigenvalue weighted by Crippen LogP contribution is 2.34. The molecular formula is C10H7BrF3N3O2. The summed E-state index contributed by atoms with van der Waals surface area (Å²) in [5, 5.41) is 7.27. The highest BCUT2D eigenvalue weighted by molar-refractivity contribution is 9.10. The number of nitrogens with zero attached hydrogens (tertiary/aromatic N) is 3. The third-order valence-electron chi connectivity index (χ3n) is 2.02. The number of hydrogen-bond donors (Lipinski definition) is 0. The standard InChI is InChI=1S/C10H7BrF3N3O2/c1-17-9(5-15-16-17)18-6-2-3-8(7(11)4-6)19-10(12,13)14/h2-5H,1H3. The Morgan fingerprint density at radius 2 is 2.05 bits per heavy atom. The molecule has 0 atom stereocenters. The lowest BCUT2D eigenvalue weighted by Gasteiger charge is -2.11. The molecule has 1 aromatic carbocycles. The summed E-state index contributed by atoms with van der Waals surface area (Å²) in [6.07, 6.45) is -3.36. The molecule has 0 N–H and O–H groups in total. The van der Waals surface area contributed by atoms with Crippen molar-refractivity contribution in [2.45, 2.75) is 6.36 Å². The van der Waals surface area contributed by atoms with Gasteiger partial charge in [-0.15, -0.1) is 18.3 Å². The summed E-state index contributed by atoms with van der Waals surface area (Å²) in [4.78, 5) is 0. The first-order chi connectivity index (χ1) is 8.85. The van der Waals surface area contributed by atoms with Crippen molar-refractivity contribution in [3.63, 3.8) is 0 Å². The summed E-state index contributed by atoms with van der Waals surface area (Å²) in [5.74, 6) is 0.339. The van der Waals surface area contributed by atoms with Crippen LogP contribution in [0.1, 0.15) is 0 Å². The lowest BCUT2D eigenvalue weighted by atomic mass is 10.3. The number of hydrogen-bond acceptors (Lipinski definition) is 4. The number of aryl methyl sites for hydroxylation is 1.